The van der Waals surface area contributed by atoms with Gasteiger partial charge in [0, 0.05) is 35.4 Å². The van der Waals surface area contributed by atoms with Crippen molar-refractivity contribution in [3.05, 3.63) is 34.1 Å². The fraction of sp³-hybridized carbons (Fsp3) is 0.680. The summed E-state index contributed by atoms with van der Waals surface area (Å²) in [5.41, 5.74) is -1.38. The molecule has 1 amide bonds. The first-order chi connectivity index (χ1) is 15.9. The number of aliphatic imine (C=N–C) groups is 1. The monoisotopic (exact) mass is 590 g/mol. The lowest BCUT2D eigenvalue weighted by Gasteiger charge is -2.48. The Hall–Kier alpha value is -0.943. The fourth-order valence-electron chi connectivity index (χ4n) is 3.71. The number of halogens is 2. The Kier molecular flexibility index (Phi) is 9.70. The van der Waals surface area contributed by atoms with Gasteiger partial charge in [-0.1, -0.05) is 54.3 Å². The molecule has 0 bridgehead atoms. The largest absolute Gasteiger partial charge is 0.443 e. The summed E-state index contributed by atoms with van der Waals surface area (Å²) in [5.74, 6) is -0.654. The number of nitrogens with zero attached hydrogens (tertiary/aromatic N) is 2. The molecule has 0 saturated carbocycles. The number of aliphatic hydroxyl groups excluding tert-OH is 1. The van der Waals surface area contributed by atoms with Gasteiger partial charge in [-0.2, -0.15) is 0 Å². The zero-order valence-corrected chi connectivity index (χ0v) is 25.8. The van der Waals surface area contributed by atoms with Crippen molar-refractivity contribution in [3.63, 3.8) is 0 Å². The van der Waals surface area contributed by atoms with Gasteiger partial charge in [0.2, 0.25) is 0 Å². The number of carbonyl (C=O) groups is 1. The lowest BCUT2D eigenvalue weighted by Crippen LogP contribution is -2.53. The van der Waals surface area contributed by atoms with Crippen molar-refractivity contribution in [1.29, 1.82) is 0 Å². The maximum atomic E-state index is 15.1. The van der Waals surface area contributed by atoms with Crippen LogP contribution in [0.25, 0.3) is 0 Å². The van der Waals surface area contributed by atoms with Crippen LogP contribution in [0.15, 0.2) is 27.7 Å². The third kappa shape index (κ3) is 7.77. The number of thioether (sulfide) groups is 1. The second-order valence-electron chi connectivity index (χ2n) is 11.7. The van der Waals surface area contributed by atoms with Crippen LogP contribution in [-0.2, 0) is 15.0 Å². The van der Waals surface area contributed by atoms with Gasteiger partial charge in [0.15, 0.2) is 5.17 Å². The standard InChI is InChI=1S/C25H40BrFN2O4SSi/c1-17-24(5,15-30)34-21(28-25(17,6)19-14-18(26)10-11-20(19)27)29(22(31)33-23(2,3)4)16-32-12-13-35(7,8)9/h10-11,14,17,30H,12-13,15-16H2,1-9H3/t17?,24-,25+/m1/s1. The summed E-state index contributed by atoms with van der Waals surface area (Å²) in [6.45, 7) is 18.2. The number of rotatable bonds is 7. The minimum absolute atomic E-state index is 0.0435. The SMILES string of the molecule is CC1[C@@](C)(CO)SC(N(COCC[Si](C)(C)C)C(=O)OC(C)(C)C)=N[C@]1(C)c1cc(Br)ccc1F. The van der Waals surface area contributed by atoms with E-state index in [2.05, 4.69) is 35.6 Å². The summed E-state index contributed by atoms with van der Waals surface area (Å²) in [4.78, 5) is 19.6. The Morgan fingerprint density at radius 1 is 1.31 bits per heavy atom. The van der Waals surface area contributed by atoms with Crippen molar-refractivity contribution in [1.82, 2.24) is 4.90 Å². The summed E-state index contributed by atoms with van der Waals surface area (Å²) in [6.07, 6.45) is -0.594. The molecule has 1 unspecified atom stereocenters. The third-order valence-electron chi connectivity index (χ3n) is 6.26. The molecule has 0 aromatic heterocycles. The normalized spacial score (nSPS) is 25.3. The van der Waals surface area contributed by atoms with Crippen molar-refractivity contribution in [2.45, 2.75) is 83.1 Å². The van der Waals surface area contributed by atoms with E-state index in [-0.39, 0.29) is 19.3 Å². The van der Waals surface area contributed by atoms with Crippen LogP contribution in [-0.4, -0.2) is 59.6 Å². The number of carbonyl (C=O) groups excluding carboxylic acids is 1. The minimum Gasteiger partial charge on any atom is -0.443 e. The van der Waals surface area contributed by atoms with Crippen molar-refractivity contribution < 1.29 is 23.8 Å². The van der Waals surface area contributed by atoms with Crippen LogP contribution in [0.1, 0.15) is 47.1 Å². The van der Waals surface area contributed by atoms with E-state index in [0.29, 0.717) is 17.3 Å². The first-order valence-corrected chi connectivity index (χ1v) is 17.2. The Labute approximate surface area is 223 Å². The van der Waals surface area contributed by atoms with Crippen molar-refractivity contribution in [2.24, 2.45) is 10.9 Å². The van der Waals surface area contributed by atoms with Gasteiger partial charge >= 0.3 is 6.09 Å². The van der Waals surface area contributed by atoms with Gasteiger partial charge in [-0.25, -0.2) is 14.1 Å². The second kappa shape index (κ2) is 11.2. The molecule has 0 radical (unpaired) electrons. The van der Waals surface area contributed by atoms with Crippen LogP contribution in [0.4, 0.5) is 9.18 Å². The Bertz CT molecular complexity index is 952. The Balaban J connectivity index is 2.56. The van der Waals surface area contributed by atoms with E-state index >= 15 is 4.39 Å². The fourth-order valence-corrected chi connectivity index (χ4v) is 6.19. The lowest BCUT2D eigenvalue weighted by molar-refractivity contribution is 0.0107. The number of amides is 1. The van der Waals surface area contributed by atoms with Crippen LogP contribution in [0.2, 0.25) is 25.7 Å². The summed E-state index contributed by atoms with van der Waals surface area (Å²) < 4.78 is 26.7. The topological polar surface area (TPSA) is 71.4 Å². The zero-order valence-electron chi connectivity index (χ0n) is 22.4. The highest BCUT2D eigenvalue weighted by Gasteiger charge is 2.51. The van der Waals surface area contributed by atoms with Gasteiger partial charge < -0.3 is 14.6 Å². The van der Waals surface area contributed by atoms with Gasteiger partial charge in [0.05, 0.1) is 12.1 Å². The molecule has 10 heteroatoms. The molecule has 3 atom stereocenters. The molecule has 0 spiro atoms. The number of aliphatic hydroxyl groups is 1. The number of hydrogen-bond donors (Lipinski definition) is 1. The van der Waals surface area contributed by atoms with Gasteiger partial charge in [0.1, 0.15) is 18.1 Å². The molecule has 6 nitrogen and oxygen atoms in total. The van der Waals surface area contributed by atoms with Crippen LogP contribution in [0.5, 0.6) is 0 Å². The third-order valence-corrected chi connectivity index (χ3v) is 9.90. The van der Waals surface area contributed by atoms with Crippen LogP contribution in [0, 0.1) is 11.7 Å². The summed E-state index contributed by atoms with van der Waals surface area (Å²) in [7, 11) is -1.33. The summed E-state index contributed by atoms with van der Waals surface area (Å²) in [5, 5.41) is 10.7. The van der Waals surface area contributed by atoms with Crippen LogP contribution in [0.3, 0.4) is 0 Å². The molecular formula is C25H40BrFN2O4SSi. The molecule has 2 rings (SSSR count). The number of benzene rings is 1. The molecule has 0 aliphatic carbocycles. The van der Waals surface area contributed by atoms with Gasteiger partial charge in [-0.3, -0.25) is 4.99 Å². The summed E-state index contributed by atoms with van der Waals surface area (Å²) >= 11 is 4.73. The Morgan fingerprint density at radius 3 is 2.49 bits per heavy atom. The maximum absolute atomic E-state index is 15.1. The van der Waals surface area contributed by atoms with E-state index < -0.39 is 35.9 Å². The van der Waals surface area contributed by atoms with Crippen molar-refractivity contribution >= 4 is 47.0 Å². The molecule has 1 N–H and O–H groups in total. The predicted octanol–water partition coefficient (Wildman–Crippen LogP) is 6.84. The molecule has 1 aliphatic rings. The first kappa shape index (κ1) is 30.3. The molecule has 0 fully saturated rings. The number of amidine groups is 1. The summed E-state index contributed by atoms with van der Waals surface area (Å²) in [6, 6.07) is 5.69. The van der Waals surface area contributed by atoms with Crippen molar-refractivity contribution in [3.8, 4) is 0 Å². The molecule has 35 heavy (non-hydrogen) atoms. The first-order valence-electron chi connectivity index (χ1n) is 11.9. The maximum Gasteiger partial charge on any atom is 0.418 e. The Morgan fingerprint density at radius 2 is 1.94 bits per heavy atom. The molecular weight excluding hydrogens is 551 g/mol. The van der Waals surface area contributed by atoms with E-state index in [9.17, 15) is 9.90 Å². The lowest BCUT2D eigenvalue weighted by atomic mass is 9.74. The van der Waals surface area contributed by atoms with E-state index in [1.165, 1.54) is 22.7 Å². The molecule has 1 heterocycles. The highest BCUT2D eigenvalue weighted by Crippen LogP contribution is 2.51. The molecule has 1 aromatic rings. The van der Waals surface area contributed by atoms with Crippen LogP contribution >= 0.6 is 27.7 Å². The van der Waals surface area contributed by atoms with E-state index in [1.54, 1.807) is 32.9 Å². The molecule has 1 aromatic carbocycles. The van der Waals surface area contributed by atoms with E-state index in [1.807, 2.05) is 20.8 Å². The number of ether oxygens (including phenoxy) is 2. The predicted molar refractivity (Wildman–Crippen MR) is 148 cm³/mol. The minimum atomic E-state index is -1.33. The average molecular weight is 592 g/mol. The van der Waals surface area contributed by atoms with Gasteiger partial charge in [0.25, 0.3) is 0 Å². The van der Waals surface area contributed by atoms with Crippen molar-refractivity contribution in [2.75, 3.05) is 19.9 Å². The second-order valence-corrected chi connectivity index (χ2v) is 19.8. The van der Waals surface area contributed by atoms with Crippen LogP contribution < -0.4 is 0 Å². The highest BCUT2D eigenvalue weighted by molar-refractivity contribution is 9.10. The molecule has 198 valence electrons. The van der Waals surface area contributed by atoms with Gasteiger partial charge in [-0.15, -0.1) is 0 Å². The quantitative estimate of drug-likeness (QED) is 0.214. The van der Waals surface area contributed by atoms with Gasteiger partial charge in [-0.05, 0) is 58.9 Å². The molecule has 0 saturated heterocycles. The van der Waals surface area contributed by atoms with E-state index in [4.69, 9.17) is 14.5 Å². The molecule has 1 aliphatic heterocycles. The highest BCUT2D eigenvalue weighted by atomic mass is 79.9. The smallest absolute Gasteiger partial charge is 0.418 e. The average Bonchev–Trinajstić information content (AvgIpc) is 2.71. The zero-order chi connectivity index (χ0) is 26.8. The van der Waals surface area contributed by atoms with E-state index in [0.717, 1.165) is 10.5 Å². The number of hydrogen-bond acceptors (Lipinski definition) is 6.